The zero-order valence-electron chi connectivity index (χ0n) is 12.3. The maximum absolute atomic E-state index is 11.8. The summed E-state index contributed by atoms with van der Waals surface area (Å²) in [5.41, 5.74) is 2.44. The molecule has 1 fully saturated rings. The highest BCUT2D eigenvalue weighted by Crippen LogP contribution is 2.25. The number of rotatable bonds is 5. The third-order valence-corrected chi connectivity index (χ3v) is 6.14. The molecular weight excluding hydrogens is 284 g/mol. The molecule has 0 spiro atoms. The Morgan fingerprint density at radius 2 is 2.10 bits per heavy atom. The molecule has 1 aliphatic rings. The molecule has 0 radical (unpaired) electrons. The first-order valence-electron chi connectivity index (χ1n) is 7.53. The van der Waals surface area contributed by atoms with Crippen LogP contribution in [0.3, 0.4) is 0 Å². The van der Waals surface area contributed by atoms with E-state index in [1.165, 1.54) is 17.2 Å². The van der Waals surface area contributed by atoms with Gasteiger partial charge in [-0.2, -0.15) is 0 Å². The lowest BCUT2D eigenvalue weighted by Gasteiger charge is -2.19. The summed E-state index contributed by atoms with van der Waals surface area (Å²) in [4.78, 5) is 3.28. The monoisotopic (exact) mass is 306 g/mol. The Morgan fingerprint density at radius 1 is 1.29 bits per heavy atom. The Balaban J connectivity index is 1.61. The van der Waals surface area contributed by atoms with Crippen molar-refractivity contribution < 1.29 is 8.42 Å². The van der Waals surface area contributed by atoms with Crippen LogP contribution in [0.15, 0.2) is 30.5 Å². The summed E-state index contributed by atoms with van der Waals surface area (Å²) >= 11 is 0. The molecule has 0 bridgehead atoms. The standard InChI is InChI=1S/C16H22N2O2S/c1-21(19,20)16-8-4-7-15(16)17-10-9-12-11-18-14-6-3-2-5-13(12)14/h2-3,5-6,11,15-18H,4,7-10H2,1H3. The van der Waals surface area contributed by atoms with Crippen LogP contribution < -0.4 is 5.32 Å². The Bertz CT molecular complexity index is 721. The van der Waals surface area contributed by atoms with Crippen molar-refractivity contribution in [3.8, 4) is 0 Å². The lowest BCUT2D eigenvalue weighted by Crippen LogP contribution is -2.40. The number of H-pyrrole nitrogens is 1. The third-order valence-electron chi connectivity index (χ3n) is 4.48. The summed E-state index contributed by atoms with van der Waals surface area (Å²) in [5, 5.41) is 4.50. The predicted octanol–water partition coefficient (Wildman–Crippen LogP) is 2.27. The first-order valence-corrected chi connectivity index (χ1v) is 9.48. The van der Waals surface area contributed by atoms with Crippen LogP contribution in [0.5, 0.6) is 0 Å². The van der Waals surface area contributed by atoms with Gasteiger partial charge in [-0.1, -0.05) is 24.6 Å². The number of aromatic nitrogens is 1. The molecule has 0 aliphatic heterocycles. The molecule has 1 aromatic carbocycles. The van der Waals surface area contributed by atoms with Crippen molar-refractivity contribution in [2.75, 3.05) is 12.8 Å². The van der Waals surface area contributed by atoms with E-state index in [2.05, 4.69) is 28.6 Å². The second-order valence-electron chi connectivity index (χ2n) is 5.97. The molecule has 3 rings (SSSR count). The number of aromatic amines is 1. The van der Waals surface area contributed by atoms with Gasteiger partial charge in [0.25, 0.3) is 0 Å². The summed E-state index contributed by atoms with van der Waals surface area (Å²) in [7, 11) is -2.94. The van der Waals surface area contributed by atoms with E-state index in [0.717, 1.165) is 37.7 Å². The minimum Gasteiger partial charge on any atom is -0.361 e. The summed E-state index contributed by atoms with van der Waals surface area (Å²) in [6.45, 7) is 0.818. The average Bonchev–Trinajstić information content (AvgIpc) is 3.05. The van der Waals surface area contributed by atoms with Gasteiger partial charge >= 0.3 is 0 Å². The summed E-state index contributed by atoms with van der Waals surface area (Å²) in [5.74, 6) is 0. The molecule has 114 valence electrons. The van der Waals surface area contributed by atoms with Crippen LogP contribution >= 0.6 is 0 Å². The van der Waals surface area contributed by atoms with Gasteiger partial charge in [0.05, 0.1) is 5.25 Å². The number of nitrogens with one attached hydrogen (secondary N) is 2. The molecule has 2 atom stereocenters. The molecule has 2 unspecified atom stereocenters. The largest absolute Gasteiger partial charge is 0.361 e. The first-order chi connectivity index (χ1) is 10.1. The van der Waals surface area contributed by atoms with Gasteiger partial charge in [-0.25, -0.2) is 8.42 Å². The van der Waals surface area contributed by atoms with Crippen LogP contribution in [-0.2, 0) is 16.3 Å². The predicted molar refractivity (Wildman–Crippen MR) is 86.3 cm³/mol. The zero-order valence-corrected chi connectivity index (χ0v) is 13.1. The quantitative estimate of drug-likeness (QED) is 0.891. The van der Waals surface area contributed by atoms with E-state index in [-0.39, 0.29) is 11.3 Å². The molecule has 1 aliphatic carbocycles. The maximum Gasteiger partial charge on any atom is 0.151 e. The van der Waals surface area contributed by atoms with Gasteiger partial charge in [0.2, 0.25) is 0 Å². The third kappa shape index (κ3) is 3.14. The molecule has 5 heteroatoms. The molecule has 1 saturated carbocycles. The van der Waals surface area contributed by atoms with E-state index in [9.17, 15) is 8.42 Å². The zero-order chi connectivity index (χ0) is 14.9. The Labute approximate surface area is 125 Å². The van der Waals surface area contributed by atoms with Crippen molar-refractivity contribution in [1.29, 1.82) is 0 Å². The first kappa shape index (κ1) is 14.6. The number of sulfone groups is 1. The molecule has 1 aromatic heterocycles. The van der Waals surface area contributed by atoms with Gasteiger partial charge < -0.3 is 10.3 Å². The summed E-state index contributed by atoms with van der Waals surface area (Å²) in [6.07, 6.45) is 7.08. The number of hydrogen-bond acceptors (Lipinski definition) is 3. The van der Waals surface area contributed by atoms with Crippen LogP contribution in [0.4, 0.5) is 0 Å². The fourth-order valence-electron chi connectivity index (χ4n) is 3.40. The second kappa shape index (κ2) is 5.81. The Hall–Kier alpha value is -1.33. The van der Waals surface area contributed by atoms with Crippen molar-refractivity contribution in [3.63, 3.8) is 0 Å². The van der Waals surface area contributed by atoms with E-state index in [1.807, 2.05) is 12.1 Å². The van der Waals surface area contributed by atoms with Crippen LogP contribution in [-0.4, -0.2) is 37.5 Å². The van der Waals surface area contributed by atoms with Gasteiger partial charge in [0.1, 0.15) is 0 Å². The topological polar surface area (TPSA) is 62.0 Å². The highest BCUT2D eigenvalue weighted by molar-refractivity contribution is 7.91. The van der Waals surface area contributed by atoms with Gasteiger partial charge in [-0.05, 0) is 37.4 Å². The van der Waals surface area contributed by atoms with Gasteiger partial charge in [-0.15, -0.1) is 0 Å². The molecule has 0 saturated heterocycles. The van der Waals surface area contributed by atoms with E-state index in [0.29, 0.717) is 0 Å². The molecule has 0 amide bonds. The highest BCUT2D eigenvalue weighted by atomic mass is 32.2. The maximum atomic E-state index is 11.8. The number of benzene rings is 1. The van der Waals surface area contributed by atoms with Gasteiger partial charge in [0, 0.05) is 29.4 Å². The molecule has 4 nitrogen and oxygen atoms in total. The fourth-order valence-corrected chi connectivity index (χ4v) is 4.83. The normalized spacial score (nSPS) is 22.9. The van der Waals surface area contributed by atoms with Crippen LogP contribution in [0.1, 0.15) is 24.8 Å². The molecular formula is C16H22N2O2S. The highest BCUT2D eigenvalue weighted by Gasteiger charge is 2.34. The Morgan fingerprint density at radius 3 is 2.90 bits per heavy atom. The SMILES string of the molecule is CS(=O)(=O)C1CCCC1NCCc1c[nH]c2ccccc12. The van der Waals surface area contributed by atoms with Crippen LogP contribution in [0.25, 0.3) is 10.9 Å². The number of fused-ring (bicyclic) bond motifs is 1. The lowest BCUT2D eigenvalue weighted by molar-refractivity contribution is 0.510. The lowest BCUT2D eigenvalue weighted by atomic mass is 10.1. The van der Waals surface area contributed by atoms with Crippen molar-refractivity contribution >= 4 is 20.7 Å². The minimum atomic E-state index is -2.94. The van der Waals surface area contributed by atoms with Crippen molar-refractivity contribution in [2.24, 2.45) is 0 Å². The van der Waals surface area contributed by atoms with Crippen molar-refractivity contribution in [2.45, 2.75) is 37.0 Å². The van der Waals surface area contributed by atoms with Crippen molar-refractivity contribution in [3.05, 3.63) is 36.0 Å². The minimum absolute atomic E-state index is 0.116. The second-order valence-corrected chi connectivity index (χ2v) is 8.23. The van der Waals surface area contributed by atoms with E-state index >= 15 is 0 Å². The van der Waals surface area contributed by atoms with Gasteiger partial charge in [-0.3, -0.25) is 0 Å². The van der Waals surface area contributed by atoms with Crippen molar-refractivity contribution in [1.82, 2.24) is 10.3 Å². The number of hydrogen-bond donors (Lipinski definition) is 2. The summed E-state index contributed by atoms with van der Waals surface area (Å²) < 4.78 is 23.5. The van der Waals surface area contributed by atoms with E-state index < -0.39 is 9.84 Å². The molecule has 21 heavy (non-hydrogen) atoms. The smallest absolute Gasteiger partial charge is 0.151 e. The number of para-hydroxylation sites is 1. The summed E-state index contributed by atoms with van der Waals surface area (Å²) in [6, 6.07) is 8.38. The fraction of sp³-hybridized carbons (Fsp3) is 0.500. The molecule has 2 aromatic rings. The van der Waals surface area contributed by atoms with E-state index in [1.54, 1.807) is 0 Å². The average molecular weight is 306 g/mol. The van der Waals surface area contributed by atoms with E-state index in [4.69, 9.17) is 0 Å². The van der Waals surface area contributed by atoms with Gasteiger partial charge in [0.15, 0.2) is 9.84 Å². The van der Waals surface area contributed by atoms with Crippen LogP contribution in [0.2, 0.25) is 0 Å². The van der Waals surface area contributed by atoms with Crippen LogP contribution in [0, 0.1) is 0 Å². The molecule has 1 heterocycles. The molecule has 2 N–H and O–H groups in total. The Kier molecular flexibility index (Phi) is 4.04.